The quantitative estimate of drug-likeness (QED) is 0.515. The van der Waals surface area contributed by atoms with Crippen molar-refractivity contribution in [1.82, 2.24) is 0 Å². The molecule has 0 saturated carbocycles. The predicted molar refractivity (Wildman–Crippen MR) is 72.3 cm³/mol. The number of nitrogens with two attached hydrogens (primary N) is 1. The third-order valence-electron chi connectivity index (χ3n) is 2.76. The summed E-state index contributed by atoms with van der Waals surface area (Å²) in [5, 5.41) is 1.09. The van der Waals surface area contributed by atoms with Crippen molar-refractivity contribution < 1.29 is 4.42 Å². The van der Waals surface area contributed by atoms with Crippen LogP contribution in [-0.4, -0.2) is 11.7 Å². The minimum absolute atomic E-state index is 0.219. The first-order chi connectivity index (χ1) is 8.17. The number of hydrogen-bond acceptors (Lipinski definition) is 2. The molecule has 0 amide bonds. The first kappa shape index (κ1) is 12.0. The third kappa shape index (κ3) is 2.15. The van der Waals surface area contributed by atoms with Crippen molar-refractivity contribution in [3.05, 3.63) is 29.5 Å². The molecule has 1 aromatic heterocycles. The maximum atomic E-state index is 5.82. The van der Waals surface area contributed by atoms with Crippen molar-refractivity contribution in [2.45, 2.75) is 20.3 Å². The standard InChI is InChI=1S/C13H15ClN2O/c1-3-11-8(2)9-5-4-6-10(13(9)17-11)16-12(15)7-14/h4-6H,3,7H2,1-2H3,(H2,15,16). The number of amidine groups is 1. The van der Waals surface area contributed by atoms with Crippen LogP contribution in [0, 0.1) is 6.92 Å². The van der Waals surface area contributed by atoms with Gasteiger partial charge in [0.1, 0.15) is 17.3 Å². The van der Waals surface area contributed by atoms with Gasteiger partial charge >= 0.3 is 0 Å². The summed E-state index contributed by atoms with van der Waals surface area (Å²) in [6.45, 7) is 4.13. The molecule has 3 nitrogen and oxygen atoms in total. The van der Waals surface area contributed by atoms with E-state index in [-0.39, 0.29) is 5.88 Å². The maximum Gasteiger partial charge on any atom is 0.160 e. The second kappa shape index (κ2) is 4.80. The number of fused-ring (bicyclic) bond motifs is 1. The Kier molecular flexibility index (Phi) is 3.38. The molecule has 0 aliphatic carbocycles. The summed E-state index contributed by atoms with van der Waals surface area (Å²) < 4.78 is 5.82. The molecule has 90 valence electrons. The maximum absolute atomic E-state index is 5.82. The van der Waals surface area contributed by atoms with E-state index in [0.717, 1.165) is 28.8 Å². The first-order valence-electron chi connectivity index (χ1n) is 5.57. The zero-order chi connectivity index (χ0) is 12.4. The van der Waals surface area contributed by atoms with Gasteiger partial charge in [-0.1, -0.05) is 19.1 Å². The normalized spacial score (nSPS) is 12.3. The second-order valence-electron chi connectivity index (χ2n) is 3.89. The van der Waals surface area contributed by atoms with Crippen molar-refractivity contribution in [2.75, 3.05) is 5.88 Å². The van der Waals surface area contributed by atoms with Crippen LogP contribution >= 0.6 is 11.6 Å². The van der Waals surface area contributed by atoms with Gasteiger partial charge in [-0.2, -0.15) is 0 Å². The Bertz CT molecular complexity index is 572. The molecular weight excluding hydrogens is 236 g/mol. The molecule has 0 unspecified atom stereocenters. The van der Waals surface area contributed by atoms with Crippen LogP contribution in [0.3, 0.4) is 0 Å². The van der Waals surface area contributed by atoms with Gasteiger partial charge < -0.3 is 10.2 Å². The molecule has 0 saturated heterocycles. The summed E-state index contributed by atoms with van der Waals surface area (Å²) in [7, 11) is 0. The Morgan fingerprint density at radius 1 is 1.47 bits per heavy atom. The third-order valence-corrected chi connectivity index (χ3v) is 3.04. The molecule has 0 aliphatic rings. The lowest BCUT2D eigenvalue weighted by Gasteiger charge is -1.97. The topological polar surface area (TPSA) is 51.5 Å². The number of hydrogen-bond donors (Lipinski definition) is 1. The number of nitrogens with zero attached hydrogens (tertiary/aromatic N) is 1. The van der Waals surface area contributed by atoms with E-state index in [1.807, 2.05) is 18.2 Å². The van der Waals surface area contributed by atoms with Gasteiger partial charge in [0, 0.05) is 11.8 Å². The van der Waals surface area contributed by atoms with Crippen molar-refractivity contribution in [3.63, 3.8) is 0 Å². The fraction of sp³-hybridized carbons (Fsp3) is 0.308. The molecule has 0 aliphatic heterocycles. The summed E-state index contributed by atoms with van der Waals surface area (Å²) in [6.07, 6.45) is 0.870. The number of furan rings is 1. The molecule has 0 atom stereocenters. The van der Waals surface area contributed by atoms with Crippen LogP contribution in [0.4, 0.5) is 5.69 Å². The van der Waals surface area contributed by atoms with E-state index in [9.17, 15) is 0 Å². The number of para-hydroxylation sites is 1. The average molecular weight is 251 g/mol. The van der Waals surface area contributed by atoms with Crippen LogP contribution in [0.1, 0.15) is 18.2 Å². The molecule has 1 heterocycles. The van der Waals surface area contributed by atoms with E-state index in [1.54, 1.807) is 0 Å². The number of halogens is 1. The molecule has 1 aromatic carbocycles. The van der Waals surface area contributed by atoms with Gasteiger partial charge in [-0.3, -0.25) is 0 Å². The van der Waals surface area contributed by atoms with Crippen LogP contribution in [0.5, 0.6) is 0 Å². The molecule has 4 heteroatoms. The average Bonchev–Trinajstić information content (AvgIpc) is 2.67. The Morgan fingerprint density at radius 3 is 2.88 bits per heavy atom. The number of aliphatic imine (C=N–C) groups is 1. The fourth-order valence-corrected chi connectivity index (χ4v) is 1.95. The Labute approximate surface area is 105 Å². The van der Waals surface area contributed by atoms with E-state index in [2.05, 4.69) is 18.8 Å². The molecule has 2 N–H and O–H groups in total. The Hall–Kier alpha value is -1.48. The van der Waals surface area contributed by atoms with E-state index in [4.69, 9.17) is 21.8 Å². The second-order valence-corrected chi connectivity index (χ2v) is 4.16. The van der Waals surface area contributed by atoms with Gasteiger partial charge in [0.25, 0.3) is 0 Å². The lowest BCUT2D eigenvalue weighted by Crippen LogP contribution is -2.12. The van der Waals surface area contributed by atoms with E-state index in [0.29, 0.717) is 5.84 Å². The lowest BCUT2D eigenvalue weighted by molar-refractivity contribution is 0.554. The molecule has 0 fully saturated rings. The van der Waals surface area contributed by atoms with Crippen LogP contribution in [-0.2, 0) is 6.42 Å². The molecule has 17 heavy (non-hydrogen) atoms. The van der Waals surface area contributed by atoms with Crippen molar-refractivity contribution in [1.29, 1.82) is 0 Å². The fourth-order valence-electron chi connectivity index (χ4n) is 1.89. The summed E-state index contributed by atoms with van der Waals surface area (Å²) in [4.78, 5) is 4.26. The SMILES string of the molecule is CCc1oc2c(N=C(N)CCl)cccc2c1C. The van der Waals surface area contributed by atoms with Gasteiger partial charge in [0.2, 0.25) is 0 Å². The monoisotopic (exact) mass is 250 g/mol. The first-order valence-corrected chi connectivity index (χ1v) is 6.10. The van der Waals surface area contributed by atoms with Gasteiger partial charge in [-0.25, -0.2) is 4.99 Å². The summed E-state index contributed by atoms with van der Waals surface area (Å²) >= 11 is 5.63. The molecular formula is C13H15ClN2O. The Morgan fingerprint density at radius 2 is 2.24 bits per heavy atom. The van der Waals surface area contributed by atoms with Crippen molar-refractivity contribution in [3.8, 4) is 0 Å². The highest BCUT2D eigenvalue weighted by Crippen LogP contribution is 2.32. The molecule has 2 aromatic rings. The molecule has 0 radical (unpaired) electrons. The van der Waals surface area contributed by atoms with Gasteiger partial charge in [0.15, 0.2) is 5.58 Å². The predicted octanol–water partition coefficient (Wildman–Crippen LogP) is 3.53. The molecule has 2 rings (SSSR count). The Balaban J connectivity index is 2.65. The number of rotatable bonds is 3. The van der Waals surface area contributed by atoms with Gasteiger partial charge in [-0.05, 0) is 18.6 Å². The molecule has 0 bridgehead atoms. The van der Waals surface area contributed by atoms with E-state index >= 15 is 0 Å². The summed E-state index contributed by atoms with van der Waals surface area (Å²) in [5.74, 6) is 1.61. The highest BCUT2D eigenvalue weighted by atomic mass is 35.5. The summed E-state index contributed by atoms with van der Waals surface area (Å²) in [6, 6.07) is 5.86. The minimum Gasteiger partial charge on any atom is -0.459 e. The van der Waals surface area contributed by atoms with Crippen LogP contribution in [0.25, 0.3) is 11.0 Å². The van der Waals surface area contributed by atoms with Crippen LogP contribution in [0.2, 0.25) is 0 Å². The van der Waals surface area contributed by atoms with Crippen molar-refractivity contribution >= 4 is 34.1 Å². The number of aryl methyl sites for hydroxylation is 2. The molecule has 0 spiro atoms. The highest BCUT2D eigenvalue weighted by Gasteiger charge is 2.11. The van der Waals surface area contributed by atoms with Crippen molar-refractivity contribution in [2.24, 2.45) is 10.7 Å². The number of benzene rings is 1. The zero-order valence-electron chi connectivity index (χ0n) is 9.96. The smallest absolute Gasteiger partial charge is 0.160 e. The number of alkyl halides is 1. The van der Waals surface area contributed by atoms with Gasteiger partial charge in [-0.15, -0.1) is 11.6 Å². The van der Waals surface area contributed by atoms with Crippen LogP contribution in [0.15, 0.2) is 27.6 Å². The largest absolute Gasteiger partial charge is 0.459 e. The van der Waals surface area contributed by atoms with E-state index in [1.165, 1.54) is 5.56 Å². The van der Waals surface area contributed by atoms with Crippen LogP contribution < -0.4 is 5.73 Å². The highest BCUT2D eigenvalue weighted by molar-refractivity contribution is 6.28. The minimum atomic E-state index is 0.219. The lowest BCUT2D eigenvalue weighted by atomic mass is 10.1. The van der Waals surface area contributed by atoms with Gasteiger partial charge in [0.05, 0.1) is 5.88 Å². The summed E-state index contributed by atoms with van der Waals surface area (Å²) in [5.41, 5.74) is 8.35. The van der Waals surface area contributed by atoms with E-state index < -0.39 is 0 Å². The zero-order valence-corrected chi connectivity index (χ0v) is 10.7.